The van der Waals surface area contributed by atoms with E-state index in [-0.39, 0.29) is 11.8 Å². The molecule has 1 aromatic heterocycles. The number of rotatable bonds is 3. The van der Waals surface area contributed by atoms with E-state index >= 15 is 0 Å². The Morgan fingerprint density at radius 2 is 2.05 bits per heavy atom. The number of para-hydroxylation sites is 2. The van der Waals surface area contributed by atoms with Crippen molar-refractivity contribution >= 4 is 28.6 Å². The van der Waals surface area contributed by atoms with Gasteiger partial charge in [0.1, 0.15) is 0 Å². The molecule has 7 heteroatoms. The van der Waals surface area contributed by atoms with Gasteiger partial charge in [-0.3, -0.25) is 0 Å². The molecule has 1 unspecified atom stereocenters. The standard InChI is InChI=1S/C14H11ClF3NOS/c15-13-7-8-9(5-6-12(8)21-13)19-10-3-1-2-4-11(10)20-14(16,17)18/h1-4,7,9,19H,5-6H2. The second-order valence-electron chi connectivity index (χ2n) is 4.71. The predicted octanol–water partition coefficient (Wildman–Crippen LogP) is 5.40. The van der Waals surface area contributed by atoms with E-state index in [1.54, 1.807) is 12.1 Å². The van der Waals surface area contributed by atoms with Crippen LogP contribution in [0.5, 0.6) is 5.75 Å². The molecule has 1 aliphatic rings. The molecule has 1 aromatic carbocycles. The van der Waals surface area contributed by atoms with Gasteiger partial charge in [-0.2, -0.15) is 0 Å². The zero-order valence-electron chi connectivity index (χ0n) is 10.7. The summed E-state index contributed by atoms with van der Waals surface area (Å²) >= 11 is 7.50. The third-order valence-corrected chi connectivity index (χ3v) is 4.63. The minimum atomic E-state index is -4.70. The van der Waals surface area contributed by atoms with Gasteiger partial charge in [0.15, 0.2) is 5.75 Å². The van der Waals surface area contributed by atoms with Crippen LogP contribution in [0.3, 0.4) is 0 Å². The van der Waals surface area contributed by atoms with Crippen molar-refractivity contribution in [2.24, 2.45) is 0 Å². The van der Waals surface area contributed by atoms with Gasteiger partial charge < -0.3 is 10.1 Å². The molecule has 1 aliphatic carbocycles. The molecule has 0 radical (unpaired) electrons. The fraction of sp³-hybridized carbons (Fsp3) is 0.286. The molecule has 0 saturated carbocycles. The minimum absolute atomic E-state index is 0.0401. The Morgan fingerprint density at radius 3 is 2.81 bits per heavy atom. The molecule has 0 aliphatic heterocycles. The van der Waals surface area contributed by atoms with Crippen molar-refractivity contribution in [1.29, 1.82) is 0 Å². The Balaban J connectivity index is 1.83. The van der Waals surface area contributed by atoms with Gasteiger partial charge in [0.25, 0.3) is 0 Å². The second-order valence-corrected chi connectivity index (χ2v) is 6.48. The van der Waals surface area contributed by atoms with E-state index < -0.39 is 6.36 Å². The number of halogens is 4. The molecule has 1 heterocycles. The molecular formula is C14H11ClF3NOS. The predicted molar refractivity (Wildman–Crippen MR) is 77.1 cm³/mol. The lowest BCUT2D eigenvalue weighted by molar-refractivity contribution is -0.274. The van der Waals surface area contributed by atoms with Gasteiger partial charge in [-0.25, -0.2) is 0 Å². The summed E-state index contributed by atoms with van der Waals surface area (Å²) in [6, 6.07) is 7.89. The molecule has 0 bridgehead atoms. The molecule has 0 amide bonds. The van der Waals surface area contributed by atoms with Crippen LogP contribution in [0.15, 0.2) is 30.3 Å². The van der Waals surface area contributed by atoms with Crippen molar-refractivity contribution in [2.75, 3.05) is 5.32 Å². The van der Waals surface area contributed by atoms with Gasteiger partial charge in [0, 0.05) is 4.88 Å². The Kier molecular flexibility index (Phi) is 3.75. The maximum absolute atomic E-state index is 12.4. The lowest BCUT2D eigenvalue weighted by Gasteiger charge is -2.18. The minimum Gasteiger partial charge on any atom is -0.404 e. The first kappa shape index (κ1) is 14.5. The van der Waals surface area contributed by atoms with Crippen LogP contribution in [0.2, 0.25) is 4.34 Å². The van der Waals surface area contributed by atoms with Gasteiger partial charge in [-0.1, -0.05) is 23.7 Å². The van der Waals surface area contributed by atoms with Crippen LogP contribution in [0.25, 0.3) is 0 Å². The first-order chi connectivity index (χ1) is 9.92. The largest absolute Gasteiger partial charge is 0.573 e. The zero-order chi connectivity index (χ0) is 15.0. The van der Waals surface area contributed by atoms with Crippen LogP contribution in [0.1, 0.15) is 22.9 Å². The third-order valence-electron chi connectivity index (χ3n) is 3.29. The number of nitrogens with one attached hydrogen (secondary N) is 1. The van der Waals surface area contributed by atoms with Crippen LogP contribution in [-0.2, 0) is 6.42 Å². The molecule has 1 N–H and O–H groups in total. The Morgan fingerprint density at radius 1 is 1.29 bits per heavy atom. The molecule has 112 valence electrons. The normalized spacial score (nSPS) is 17.6. The van der Waals surface area contributed by atoms with Gasteiger partial charge in [0.2, 0.25) is 0 Å². The summed E-state index contributed by atoms with van der Waals surface area (Å²) in [5, 5.41) is 3.12. The lowest BCUT2D eigenvalue weighted by Crippen LogP contribution is -2.18. The number of benzene rings is 1. The smallest absolute Gasteiger partial charge is 0.404 e. The topological polar surface area (TPSA) is 21.3 Å². The number of anilines is 1. The van der Waals surface area contributed by atoms with E-state index in [4.69, 9.17) is 11.6 Å². The van der Waals surface area contributed by atoms with Crippen LogP contribution < -0.4 is 10.1 Å². The van der Waals surface area contributed by atoms with Gasteiger partial charge in [-0.15, -0.1) is 24.5 Å². The van der Waals surface area contributed by atoms with Crippen molar-refractivity contribution < 1.29 is 17.9 Å². The molecule has 0 spiro atoms. The number of ether oxygens (including phenoxy) is 1. The number of aryl methyl sites for hydroxylation is 1. The SMILES string of the molecule is FC(F)(F)Oc1ccccc1NC1CCc2sc(Cl)cc21. The molecule has 3 rings (SSSR count). The summed E-state index contributed by atoms with van der Waals surface area (Å²) in [6.07, 6.45) is -2.99. The molecular weight excluding hydrogens is 323 g/mol. The van der Waals surface area contributed by atoms with E-state index in [0.717, 1.165) is 18.4 Å². The molecule has 21 heavy (non-hydrogen) atoms. The molecule has 0 saturated heterocycles. The van der Waals surface area contributed by atoms with E-state index in [2.05, 4.69) is 10.1 Å². The molecule has 2 nitrogen and oxygen atoms in total. The summed E-state index contributed by atoms with van der Waals surface area (Å²) in [7, 11) is 0. The Hall–Kier alpha value is -1.40. The van der Waals surface area contributed by atoms with Crippen molar-refractivity contribution in [3.05, 3.63) is 45.1 Å². The van der Waals surface area contributed by atoms with E-state index in [1.165, 1.54) is 28.3 Å². The van der Waals surface area contributed by atoms with E-state index in [1.807, 2.05) is 6.07 Å². The van der Waals surface area contributed by atoms with Gasteiger partial charge >= 0.3 is 6.36 Å². The Labute approximate surface area is 128 Å². The summed E-state index contributed by atoms with van der Waals surface area (Å²) in [5.74, 6) is -0.222. The monoisotopic (exact) mass is 333 g/mol. The van der Waals surface area contributed by atoms with Gasteiger partial charge in [0.05, 0.1) is 16.1 Å². The molecule has 1 atom stereocenters. The van der Waals surface area contributed by atoms with Crippen molar-refractivity contribution in [2.45, 2.75) is 25.2 Å². The van der Waals surface area contributed by atoms with E-state index in [9.17, 15) is 13.2 Å². The number of hydrogen-bond donors (Lipinski definition) is 1. The third kappa shape index (κ3) is 3.27. The average molecular weight is 334 g/mol. The van der Waals surface area contributed by atoms with Crippen molar-refractivity contribution in [3.8, 4) is 5.75 Å². The highest BCUT2D eigenvalue weighted by atomic mass is 35.5. The van der Waals surface area contributed by atoms with Crippen LogP contribution in [-0.4, -0.2) is 6.36 Å². The quantitative estimate of drug-likeness (QED) is 0.812. The first-order valence-electron chi connectivity index (χ1n) is 6.32. The van der Waals surface area contributed by atoms with Crippen LogP contribution >= 0.6 is 22.9 Å². The summed E-state index contributed by atoms with van der Waals surface area (Å²) in [6.45, 7) is 0. The molecule has 2 aromatic rings. The zero-order valence-corrected chi connectivity index (χ0v) is 12.3. The maximum atomic E-state index is 12.4. The number of hydrogen-bond acceptors (Lipinski definition) is 3. The second kappa shape index (κ2) is 5.42. The number of fused-ring (bicyclic) bond motifs is 1. The fourth-order valence-electron chi connectivity index (χ4n) is 2.47. The summed E-state index contributed by atoms with van der Waals surface area (Å²) < 4.78 is 42.0. The number of alkyl halides is 3. The molecule has 0 fully saturated rings. The Bertz CT molecular complexity index is 656. The van der Waals surface area contributed by atoms with Crippen molar-refractivity contribution in [3.63, 3.8) is 0 Å². The summed E-state index contributed by atoms with van der Waals surface area (Å²) in [4.78, 5) is 1.19. The average Bonchev–Trinajstić information content (AvgIpc) is 2.91. The van der Waals surface area contributed by atoms with Crippen LogP contribution in [0, 0.1) is 0 Å². The number of thiophene rings is 1. The lowest BCUT2D eigenvalue weighted by atomic mass is 10.1. The highest BCUT2D eigenvalue weighted by Gasteiger charge is 2.33. The van der Waals surface area contributed by atoms with Crippen molar-refractivity contribution in [1.82, 2.24) is 0 Å². The van der Waals surface area contributed by atoms with E-state index in [0.29, 0.717) is 10.0 Å². The maximum Gasteiger partial charge on any atom is 0.573 e. The highest BCUT2D eigenvalue weighted by molar-refractivity contribution is 7.16. The highest BCUT2D eigenvalue weighted by Crippen LogP contribution is 2.42. The summed E-state index contributed by atoms with van der Waals surface area (Å²) in [5.41, 5.74) is 1.39. The van der Waals surface area contributed by atoms with Gasteiger partial charge in [-0.05, 0) is 36.6 Å². The first-order valence-corrected chi connectivity index (χ1v) is 7.51. The fourth-order valence-corrected chi connectivity index (χ4v) is 3.82. The van der Waals surface area contributed by atoms with Crippen LogP contribution in [0.4, 0.5) is 18.9 Å².